The molecule has 0 saturated carbocycles. The molecule has 4 heteroatoms. The van der Waals surface area contributed by atoms with Crippen molar-refractivity contribution in [3.05, 3.63) is 212 Å². The second kappa shape index (κ2) is 13.6. The number of oxazole rings is 1. The quantitative estimate of drug-likeness (QED) is 0.164. The van der Waals surface area contributed by atoms with Crippen LogP contribution in [0.25, 0.3) is 83.1 Å². The molecule has 57 heavy (non-hydrogen) atoms. The molecular formula is C53H35N3O. The lowest BCUT2D eigenvalue weighted by molar-refractivity contribution is 0.621. The van der Waals surface area contributed by atoms with Crippen LogP contribution in [-0.2, 0) is 0 Å². The molecule has 0 saturated heterocycles. The summed E-state index contributed by atoms with van der Waals surface area (Å²) in [7, 11) is 0. The number of hydrogen-bond donors (Lipinski definition) is 0. The van der Waals surface area contributed by atoms with E-state index in [1.54, 1.807) is 0 Å². The molecule has 0 bridgehead atoms. The number of hydrogen-bond acceptors (Lipinski definition) is 3. The van der Waals surface area contributed by atoms with Crippen LogP contribution >= 0.6 is 0 Å². The van der Waals surface area contributed by atoms with Crippen molar-refractivity contribution in [2.45, 2.75) is 0 Å². The molecule has 0 radical (unpaired) electrons. The van der Waals surface area contributed by atoms with E-state index >= 15 is 0 Å². The average Bonchev–Trinajstić information content (AvgIpc) is 3.88. The van der Waals surface area contributed by atoms with Crippen molar-refractivity contribution in [2.24, 2.45) is 0 Å². The van der Waals surface area contributed by atoms with E-state index in [2.05, 4.69) is 185 Å². The van der Waals surface area contributed by atoms with Crippen molar-refractivity contribution in [3.63, 3.8) is 0 Å². The Bertz CT molecular complexity index is 3200. The number of nitrogens with zero attached hydrogens (tertiary/aromatic N) is 3. The molecule has 9 aromatic carbocycles. The lowest BCUT2D eigenvalue weighted by Crippen LogP contribution is -2.10. The van der Waals surface area contributed by atoms with Gasteiger partial charge in [0.1, 0.15) is 5.52 Å². The van der Waals surface area contributed by atoms with Gasteiger partial charge in [-0.3, -0.25) is 0 Å². The summed E-state index contributed by atoms with van der Waals surface area (Å²) < 4.78 is 8.85. The highest BCUT2D eigenvalue weighted by Gasteiger charge is 2.22. The van der Waals surface area contributed by atoms with Gasteiger partial charge in [-0.25, -0.2) is 4.98 Å². The normalized spacial score (nSPS) is 11.5. The third kappa shape index (κ3) is 5.58. The van der Waals surface area contributed by atoms with Crippen molar-refractivity contribution in [1.29, 1.82) is 0 Å². The molecule has 2 aromatic heterocycles. The van der Waals surface area contributed by atoms with Crippen LogP contribution in [0.15, 0.2) is 217 Å². The second-order valence-electron chi connectivity index (χ2n) is 14.4. The Kier molecular flexibility index (Phi) is 7.78. The van der Waals surface area contributed by atoms with Crippen molar-refractivity contribution < 1.29 is 4.42 Å². The minimum Gasteiger partial charge on any atom is -0.435 e. The van der Waals surface area contributed by atoms with Crippen LogP contribution in [0.5, 0.6) is 0 Å². The zero-order valence-corrected chi connectivity index (χ0v) is 31.0. The first kappa shape index (κ1) is 32.7. The molecule has 11 aromatic rings. The Morgan fingerprint density at radius 2 is 0.982 bits per heavy atom. The molecular weight excluding hydrogens is 695 g/mol. The van der Waals surface area contributed by atoms with E-state index in [1.807, 2.05) is 36.4 Å². The van der Waals surface area contributed by atoms with Gasteiger partial charge in [0.05, 0.1) is 16.7 Å². The monoisotopic (exact) mass is 729 g/mol. The standard InChI is InChI=1S/C53H35N3O/c1-4-15-36(16-5-1)37-27-31-41(32-28-37)55(42-33-29-38(30-34-42)43-24-14-25-48-52(43)57-53(54-48)39-17-6-2-7-18-39)50-35-47-45-22-12-13-26-49(45)56(40-19-8-3-9-20-40)51(47)46-23-11-10-21-44(46)50/h1-35H. The van der Waals surface area contributed by atoms with E-state index in [9.17, 15) is 0 Å². The Balaban J connectivity index is 1.11. The Hall–Kier alpha value is -7.69. The van der Waals surface area contributed by atoms with Gasteiger partial charge in [-0.2, -0.15) is 0 Å². The molecule has 0 N–H and O–H groups in total. The Morgan fingerprint density at radius 1 is 0.421 bits per heavy atom. The molecule has 2 heterocycles. The molecule has 0 spiro atoms. The summed E-state index contributed by atoms with van der Waals surface area (Å²) >= 11 is 0. The highest BCUT2D eigenvalue weighted by molar-refractivity contribution is 6.22. The molecule has 268 valence electrons. The van der Waals surface area contributed by atoms with Gasteiger partial charge in [0, 0.05) is 49.7 Å². The van der Waals surface area contributed by atoms with Crippen LogP contribution in [-0.4, -0.2) is 9.55 Å². The maximum atomic E-state index is 6.44. The van der Waals surface area contributed by atoms with Crippen LogP contribution < -0.4 is 4.90 Å². The van der Waals surface area contributed by atoms with Gasteiger partial charge in [0.25, 0.3) is 0 Å². The van der Waals surface area contributed by atoms with Gasteiger partial charge < -0.3 is 13.9 Å². The van der Waals surface area contributed by atoms with Gasteiger partial charge in [-0.1, -0.05) is 146 Å². The van der Waals surface area contributed by atoms with Crippen LogP contribution in [0, 0.1) is 0 Å². The van der Waals surface area contributed by atoms with Crippen LogP contribution in [0.1, 0.15) is 0 Å². The number of aromatic nitrogens is 2. The Morgan fingerprint density at radius 3 is 1.68 bits per heavy atom. The van der Waals surface area contributed by atoms with Crippen molar-refractivity contribution in [2.75, 3.05) is 4.90 Å². The molecule has 0 aliphatic heterocycles. The number of rotatable bonds is 7. The minimum atomic E-state index is 0.621. The first-order valence-electron chi connectivity index (χ1n) is 19.3. The van der Waals surface area contributed by atoms with Crippen molar-refractivity contribution in [3.8, 4) is 39.4 Å². The summed E-state index contributed by atoms with van der Waals surface area (Å²) in [6.45, 7) is 0. The topological polar surface area (TPSA) is 34.2 Å². The lowest BCUT2D eigenvalue weighted by Gasteiger charge is -2.28. The van der Waals surface area contributed by atoms with Gasteiger partial charge in [0.2, 0.25) is 5.89 Å². The van der Waals surface area contributed by atoms with Gasteiger partial charge in [-0.05, 0) is 83.4 Å². The fraction of sp³-hybridized carbons (Fsp3) is 0. The second-order valence-corrected chi connectivity index (χ2v) is 14.4. The highest BCUT2D eigenvalue weighted by Crippen LogP contribution is 2.46. The van der Waals surface area contributed by atoms with E-state index in [1.165, 1.54) is 43.7 Å². The highest BCUT2D eigenvalue weighted by atomic mass is 16.3. The summed E-state index contributed by atoms with van der Waals surface area (Å²) in [5.41, 5.74) is 13.8. The molecule has 4 nitrogen and oxygen atoms in total. The molecule has 0 atom stereocenters. The number of anilines is 3. The third-order valence-electron chi connectivity index (χ3n) is 11.0. The van der Waals surface area contributed by atoms with Crippen molar-refractivity contribution >= 4 is 60.7 Å². The van der Waals surface area contributed by atoms with Gasteiger partial charge in [0.15, 0.2) is 5.58 Å². The van der Waals surface area contributed by atoms with E-state index in [4.69, 9.17) is 9.40 Å². The Labute approximate surface area is 330 Å². The van der Waals surface area contributed by atoms with Crippen LogP contribution in [0.4, 0.5) is 17.1 Å². The molecule has 0 aliphatic rings. The summed E-state index contributed by atoms with van der Waals surface area (Å²) in [6, 6.07) is 75.2. The molecule has 0 aliphatic carbocycles. The van der Waals surface area contributed by atoms with Gasteiger partial charge >= 0.3 is 0 Å². The van der Waals surface area contributed by atoms with E-state index < -0.39 is 0 Å². The minimum absolute atomic E-state index is 0.621. The molecule has 0 amide bonds. The van der Waals surface area contributed by atoms with E-state index in [0.717, 1.165) is 50.5 Å². The number of benzene rings is 9. The summed E-state index contributed by atoms with van der Waals surface area (Å²) in [5.74, 6) is 0.621. The average molecular weight is 730 g/mol. The van der Waals surface area contributed by atoms with E-state index in [0.29, 0.717) is 5.89 Å². The SMILES string of the molecule is c1ccc(-c2ccc(N(c3ccc(-c4cccc5nc(-c6ccccc6)oc45)cc3)c3cc4c5ccccc5n(-c5ccccc5)c4c4ccccc34)cc2)cc1. The number of fused-ring (bicyclic) bond motifs is 6. The van der Waals surface area contributed by atoms with Crippen LogP contribution in [0.3, 0.4) is 0 Å². The first-order valence-corrected chi connectivity index (χ1v) is 19.3. The predicted molar refractivity (Wildman–Crippen MR) is 237 cm³/mol. The van der Waals surface area contributed by atoms with E-state index in [-0.39, 0.29) is 0 Å². The first-order chi connectivity index (χ1) is 28.3. The maximum Gasteiger partial charge on any atom is 0.227 e. The summed E-state index contributed by atoms with van der Waals surface area (Å²) in [6.07, 6.45) is 0. The van der Waals surface area contributed by atoms with Crippen LogP contribution in [0.2, 0.25) is 0 Å². The van der Waals surface area contributed by atoms with Crippen molar-refractivity contribution in [1.82, 2.24) is 9.55 Å². The maximum absolute atomic E-state index is 6.44. The molecule has 0 fully saturated rings. The smallest absolute Gasteiger partial charge is 0.227 e. The third-order valence-corrected chi connectivity index (χ3v) is 11.0. The predicted octanol–water partition coefficient (Wildman–Crippen LogP) is 14.5. The summed E-state index contributed by atoms with van der Waals surface area (Å²) in [4.78, 5) is 7.24. The largest absolute Gasteiger partial charge is 0.435 e. The fourth-order valence-electron chi connectivity index (χ4n) is 8.37. The van der Waals surface area contributed by atoms with Gasteiger partial charge in [-0.15, -0.1) is 0 Å². The zero-order chi connectivity index (χ0) is 37.7. The zero-order valence-electron chi connectivity index (χ0n) is 31.0. The summed E-state index contributed by atoms with van der Waals surface area (Å²) in [5, 5.41) is 4.78. The fourth-order valence-corrected chi connectivity index (χ4v) is 8.37. The molecule has 0 unspecified atom stereocenters. The lowest BCUT2D eigenvalue weighted by atomic mass is 10.00. The number of para-hydroxylation sites is 3. The molecule has 11 rings (SSSR count).